The minimum atomic E-state index is -0.529. The maximum absolute atomic E-state index is 11.8. The number of alkyl carbamates (subject to hydrolysis) is 1. The highest BCUT2D eigenvalue weighted by Crippen LogP contribution is 2.22. The fourth-order valence-corrected chi connectivity index (χ4v) is 1.85. The lowest BCUT2D eigenvalue weighted by Crippen LogP contribution is -2.37. The van der Waals surface area contributed by atoms with E-state index in [1.165, 1.54) is 0 Å². The van der Waals surface area contributed by atoms with Gasteiger partial charge < -0.3 is 20.5 Å². The Kier molecular flexibility index (Phi) is 5.39. The van der Waals surface area contributed by atoms with Crippen LogP contribution in [0.1, 0.15) is 37.9 Å². The predicted octanol–water partition coefficient (Wildman–Crippen LogP) is 2.53. The van der Waals surface area contributed by atoms with Crippen molar-refractivity contribution in [1.29, 1.82) is 0 Å². The zero-order valence-electron chi connectivity index (χ0n) is 12.8. The van der Waals surface area contributed by atoms with Gasteiger partial charge in [-0.1, -0.05) is 12.1 Å². The number of rotatable bonds is 4. The quantitative estimate of drug-likeness (QED) is 0.889. The van der Waals surface area contributed by atoms with Crippen LogP contribution in [-0.2, 0) is 4.74 Å². The monoisotopic (exact) mass is 280 g/mol. The lowest BCUT2D eigenvalue weighted by atomic mass is 10.0. The molecule has 3 N–H and O–H groups in total. The molecule has 0 spiro atoms. The number of hydrogen-bond donors (Lipinski definition) is 2. The molecule has 0 aliphatic rings. The van der Waals surface area contributed by atoms with Crippen LogP contribution in [0.2, 0.25) is 0 Å². The molecule has 0 fully saturated rings. The summed E-state index contributed by atoms with van der Waals surface area (Å²) in [5, 5.41) is 2.78. The van der Waals surface area contributed by atoms with E-state index in [2.05, 4.69) is 5.32 Å². The molecular weight excluding hydrogens is 256 g/mol. The molecule has 1 unspecified atom stereocenters. The van der Waals surface area contributed by atoms with Crippen LogP contribution in [0.25, 0.3) is 0 Å². The Morgan fingerprint density at radius 3 is 2.50 bits per heavy atom. The van der Waals surface area contributed by atoms with Crippen molar-refractivity contribution >= 4 is 6.09 Å². The third-order valence-electron chi connectivity index (χ3n) is 2.75. The summed E-state index contributed by atoms with van der Waals surface area (Å²) in [6, 6.07) is 5.42. The van der Waals surface area contributed by atoms with Crippen LogP contribution in [0.3, 0.4) is 0 Å². The van der Waals surface area contributed by atoms with Gasteiger partial charge in [-0.2, -0.15) is 0 Å². The van der Waals surface area contributed by atoms with Crippen molar-refractivity contribution in [2.24, 2.45) is 5.73 Å². The molecule has 1 amide bonds. The predicted molar refractivity (Wildman–Crippen MR) is 78.9 cm³/mol. The number of aryl methyl sites for hydroxylation is 1. The van der Waals surface area contributed by atoms with Crippen LogP contribution in [0.4, 0.5) is 4.79 Å². The fourth-order valence-electron chi connectivity index (χ4n) is 1.85. The third kappa shape index (κ3) is 4.74. The molecule has 1 aromatic rings. The second-order valence-electron chi connectivity index (χ2n) is 5.66. The Bertz CT molecular complexity index is 467. The van der Waals surface area contributed by atoms with Crippen molar-refractivity contribution in [1.82, 2.24) is 5.32 Å². The number of nitrogens with two attached hydrogens (primary N) is 1. The molecule has 0 radical (unpaired) electrons. The summed E-state index contributed by atoms with van der Waals surface area (Å²) in [7, 11) is 1.63. The molecule has 0 bridgehead atoms. The maximum Gasteiger partial charge on any atom is 0.408 e. The Morgan fingerprint density at radius 2 is 2.05 bits per heavy atom. The first kappa shape index (κ1) is 16.3. The van der Waals surface area contributed by atoms with Crippen molar-refractivity contribution in [2.75, 3.05) is 13.7 Å². The molecule has 5 heteroatoms. The van der Waals surface area contributed by atoms with Crippen LogP contribution in [0.5, 0.6) is 5.75 Å². The maximum atomic E-state index is 11.8. The van der Waals surface area contributed by atoms with E-state index in [0.717, 1.165) is 16.9 Å². The van der Waals surface area contributed by atoms with Gasteiger partial charge in [0.25, 0.3) is 0 Å². The number of carbonyl (C=O) groups is 1. The molecule has 112 valence electrons. The van der Waals surface area contributed by atoms with Gasteiger partial charge in [-0.25, -0.2) is 4.79 Å². The minimum Gasteiger partial charge on any atom is -0.496 e. The molecule has 0 aromatic heterocycles. The molecule has 1 atom stereocenters. The smallest absolute Gasteiger partial charge is 0.408 e. The summed E-state index contributed by atoms with van der Waals surface area (Å²) < 4.78 is 10.5. The van der Waals surface area contributed by atoms with E-state index < -0.39 is 11.7 Å². The van der Waals surface area contributed by atoms with Crippen molar-refractivity contribution in [2.45, 2.75) is 39.3 Å². The Morgan fingerprint density at radius 1 is 1.40 bits per heavy atom. The highest BCUT2D eigenvalue weighted by molar-refractivity contribution is 5.68. The van der Waals surface area contributed by atoms with E-state index in [1.807, 2.05) is 45.9 Å². The van der Waals surface area contributed by atoms with Crippen LogP contribution in [-0.4, -0.2) is 25.3 Å². The molecule has 0 heterocycles. The van der Waals surface area contributed by atoms with Gasteiger partial charge in [0.2, 0.25) is 0 Å². The second-order valence-corrected chi connectivity index (χ2v) is 5.66. The van der Waals surface area contributed by atoms with Gasteiger partial charge >= 0.3 is 6.09 Å². The normalized spacial score (nSPS) is 12.7. The molecular formula is C15H24N2O3. The van der Waals surface area contributed by atoms with Gasteiger partial charge in [0.1, 0.15) is 11.4 Å². The SMILES string of the molecule is COc1ccc(C(CN)NC(=O)OC(C)(C)C)cc1C. The Balaban J connectivity index is 2.81. The van der Waals surface area contributed by atoms with Crippen LogP contribution in [0.15, 0.2) is 18.2 Å². The number of benzene rings is 1. The van der Waals surface area contributed by atoms with Crippen LogP contribution >= 0.6 is 0 Å². The van der Waals surface area contributed by atoms with E-state index in [4.69, 9.17) is 15.2 Å². The van der Waals surface area contributed by atoms with E-state index in [1.54, 1.807) is 7.11 Å². The highest BCUT2D eigenvalue weighted by Gasteiger charge is 2.20. The third-order valence-corrected chi connectivity index (χ3v) is 2.75. The molecule has 1 aromatic carbocycles. The summed E-state index contributed by atoms with van der Waals surface area (Å²) in [6.07, 6.45) is -0.471. The van der Waals surface area contributed by atoms with Crippen LogP contribution < -0.4 is 15.8 Å². The lowest BCUT2D eigenvalue weighted by Gasteiger charge is -2.23. The Labute approximate surface area is 120 Å². The Hall–Kier alpha value is -1.75. The van der Waals surface area contributed by atoms with Gasteiger partial charge in [-0.15, -0.1) is 0 Å². The zero-order chi connectivity index (χ0) is 15.3. The summed E-state index contributed by atoms with van der Waals surface area (Å²) in [5.41, 5.74) is 7.13. The van der Waals surface area contributed by atoms with Crippen molar-refractivity contribution in [3.05, 3.63) is 29.3 Å². The summed E-state index contributed by atoms with van der Waals surface area (Å²) in [6.45, 7) is 7.71. The van der Waals surface area contributed by atoms with Gasteiger partial charge in [0.15, 0.2) is 0 Å². The lowest BCUT2D eigenvalue weighted by molar-refractivity contribution is 0.0505. The first-order valence-corrected chi connectivity index (χ1v) is 6.61. The first-order valence-electron chi connectivity index (χ1n) is 6.61. The number of nitrogens with one attached hydrogen (secondary N) is 1. The topological polar surface area (TPSA) is 73.6 Å². The van der Waals surface area contributed by atoms with Crippen LogP contribution in [0, 0.1) is 6.92 Å². The van der Waals surface area contributed by atoms with E-state index >= 15 is 0 Å². The molecule has 0 saturated heterocycles. The number of amides is 1. The van der Waals surface area contributed by atoms with E-state index in [0.29, 0.717) is 6.54 Å². The summed E-state index contributed by atoms with van der Waals surface area (Å²) in [5.74, 6) is 0.807. The molecule has 1 rings (SSSR count). The second kappa shape index (κ2) is 6.61. The average molecular weight is 280 g/mol. The highest BCUT2D eigenvalue weighted by atomic mass is 16.6. The average Bonchev–Trinajstić information content (AvgIpc) is 2.33. The number of methoxy groups -OCH3 is 1. The van der Waals surface area contributed by atoms with Gasteiger partial charge in [0, 0.05) is 6.54 Å². The standard InChI is InChI=1S/C15H24N2O3/c1-10-8-11(6-7-13(10)19-5)12(9-16)17-14(18)20-15(2,3)4/h6-8,12H,9,16H2,1-5H3,(H,17,18). The molecule has 0 saturated carbocycles. The molecule has 20 heavy (non-hydrogen) atoms. The molecule has 0 aliphatic heterocycles. The fraction of sp³-hybridized carbons (Fsp3) is 0.533. The minimum absolute atomic E-state index is 0.283. The number of hydrogen-bond acceptors (Lipinski definition) is 4. The van der Waals surface area contributed by atoms with Gasteiger partial charge in [-0.05, 0) is 44.9 Å². The molecule has 5 nitrogen and oxygen atoms in total. The van der Waals surface area contributed by atoms with E-state index in [-0.39, 0.29) is 6.04 Å². The van der Waals surface area contributed by atoms with Crippen molar-refractivity contribution in [3.8, 4) is 5.75 Å². The summed E-state index contributed by atoms with van der Waals surface area (Å²) in [4.78, 5) is 11.8. The summed E-state index contributed by atoms with van der Waals surface area (Å²) >= 11 is 0. The van der Waals surface area contributed by atoms with Crippen molar-refractivity contribution < 1.29 is 14.3 Å². The zero-order valence-corrected chi connectivity index (χ0v) is 12.8. The largest absolute Gasteiger partial charge is 0.496 e. The van der Waals surface area contributed by atoms with Gasteiger partial charge in [0.05, 0.1) is 13.2 Å². The number of ether oxygens (including phenoxy) is 2. The molecule has 0 aliphatic carbocycles. The van der Waals surface area contributed by atoms with Gasteiger partial charge in [-0.3, -0.25) is 0 Å². The first-order chi connectivity index (χ1) is 9.26. The van der Waals surface area contributed by atoms with E-state index in [9.17, 15) is 4.79 Å². The van der Waals surface area contributed by atoms with Crippen molar-refractivity contribution in [3.63, 3.8) is 0 Å². The number of carbonyl (C=O) groups excluding carboxylic acids is 1.